The van der Waals surface area contributed by atoms with E-state index in [0.717, 1.165) is 19.6 Å². The van der Waals surface area contributed by atoms with E-state index in [0.29, 0.717) is 0 Å². The number of para-hydroxylation sites is 1. The lowest BCUT2D eigenvalue weighted by Crippen LogP contribution is -2.24. The molecule has 2 nitrogen and oxygen atoms in total. The minimum Gasteiger partial charge on any atom is -0.372 e. The molecule has 0 fully saturated rings. The third-order valence-electron chi connectivity index (χ3n) is 3.03. The summed E-state index contributed by atoms with van der Waals surface area (Å²) in [5.74, 6) is 0. The van der Waals surface area contributed by atoms with E-state index in [1.165, 1.54) is 31.5 Å². The molecule has 0 bridgehead atoms. The van der Waals surface area contributed by atoms with Gasteiger partial charge in [-0.05, 0) is 45.0 Å². The number of unbranched alkanes of at least 4 members (excludes halogenated alkanes) is 2. The second-order valence-electron chi connectivity index (χ2n) is 4.33. The van der Waals surface area contributed by atoms with Crippen LogP contribution >= 0.6 is 0 Å². The van der Waals surface area contributed by atoms with Crippen molar-refractivity contribution >= 4 is 5.69 Å². The van der Waals surface area contributed by atoms with E-state index in [1.807, 2.05) is 0 Å². The van der Waals surface area contributed by atoms with Crippen LogP contribution in [0.15, 0.2) is 30.3 Å². The van der Waals surface area contributed by atoms with Gasteiger partial charge in [-0.15, -0.1) is 0 Å². The molecule has 1 rings (SSSR count). The van der Waals surface area contributed by atoms with Crippen molar-refractivity contribution < 1.29 is 0 Å². The van der Waals surface area contributed by atoms with Gasteiger partial charge in [0, 0.05) is 18.8 Å². The maximum Gasteiger partial charge on any atom is 0.0366 e. The molecule has 0 unspecified atom stereocenters. The number of rotatable bonds is 9. The smallest absolute Gasteiger partial charge is 0.0366 e. The lowest BCUT2D eigenvalue weighted by Gasteiger charge is -2.23. The fraction of sp³-hybridized carbons (Fsp3) is 0.600. The summed E-state index contributed by atoms with van der Waals surface area (Å²) < 4.78 is 0. The van der Waals surface area contributed by atoms with Crippen molar-refractivity contribution in [2.45, 2.75) is 33.1 Å². The molecule has 0 atom stereocenters. The fourth-order valence-corrected chi connectivity index (χ4v) is 2.01. The maximum absolute atomic E-state index is 3.37. The Balaban J connectivity index is 2.20. The number of benzene rings is 1. The van der Waals surface area contributed by atoms with Crippen LogP contribution in [0.4, 0.5) is 5.69 Å². The number of hydrogen-bond donors (Lipinski definition) is 1. The van der Waals surface area contributed by atoms with Crippen molar-refractivity contribution in [1.29, 1.82) is 0 Å². The summed E-state index contributed by atoms with van der Waals surface area (Å²) in [7, 11) is 0. The van der Waals surface area contributed by atoms with Crippen molar-refractivity contribution in [1.82, 2.24) is 5.32 Å². The second-order valence-corrected chi connectivity index (χ2v) is 4.33. The molecule has 0 aliphatic heterocycles. The van der Waals surface area contributed by atoms with Gasteiger partial charge in [-0.2, -0.15) is 0 Å². The van der Waals surface area contributed by atoms with Crippen LogP contribution in [0, 0.1) is 0 Å². The van der Waals surface area contributed by atoms with Crippen LogP contribution in [0.25, 0.3) is 0 Å². The lowest BCUT2D eigenvalue weighted by molar-refractivity contribution is 0.609. The van der Waals surface area contributed by atoms with Gasteiger partial charge in [-0.25, -0.2) is 0 Å². The van der Waals surface area contributed by atoms with Crippen molar-refractivity contribution in [3.8, 4) is 0 Å². The molecule has 0 amide bonds. The third-order valence-corrected chi connectivity index (χ3v) is 3.03. The molecule has 0 spiro atoms. The molecule has 0 saturated carbocycles. The van der Waals surface area contributed by atoms with Crippen LogP contribution < -0.4 is 10.2 Å². The van der Waals surface area contributed by atoms with Crippen LogP contribution in [0.3, 0.4) is 0 Å². The van der Waals surface area contributed by atoms with E-state index in [1.54, 1.807) is 0 Å². The fourth-order valence-electron chi connectivity index (χ4n) is 2.01. The highest BCUT2D eigenvalue weighted by molar-refractivity contribution is 5.45. The summed E-state index contributed by atoms with van der Waals surface area (Å²) in [5, 5.41) is 3.37. The van der Waals surface area contributed by atoms with Crippen molar-refractivity contribution in [2.24, 2.45) is 0 Å². The molecular formula is C15H26N2. The third kappa shape index (κ3) is 5.73. The number of nitrogens with zero attached hydrogens (tertiary/aromatic N) is 1. The number of hydrogen-bond acceptors (Lipinski definition) is 2. The molecule has 0 aliphatic rings. The predicted octanol–water partition coefficient (Wildman–Crippen LogP) is 3.29. The first-order valence-electron chi connectivity index (χ1n) is 6.89. The minimum atomic E-state index is 1.09. The zero-order valence-corrected chi connectivity index (χ0v) is 11.3. The highest BCUT2D eigenvalue weighted by Crippen LogP contribution is 2.13. The molecule has 1 aromatic rings. The van der Waals surface area contributed by atoms with E-state index < -0.39 is 0 Å². The predicted molar refractivity (Wildman–Crippen MR) is 76.7 cm³/mol. The van der Waals surface area contributed by atoms with E-state index in [-0.39, 0.29) is 0 Å². The van der Waals surface area contributed by atoms with Crippen LogP contribution in [-0.2, 0) is 0 Å². The summed E-state index contributed by atoms with van der Waals surface area (Å²) in [6, 6.07) is 10.7. The second kappa shape index (κ2) is 9.06. The first-order chi connectivity index (χ1) is 8.38. The summed E-state index contributed by atoms with van der Waals surface area (Å²) in [6.07, 6.45) is 3.89. The zero-order valence-electron chi connectivity index (χ0n) is 11.3. The standard InChI is InChI=1S/C15H26N2/c1-3-16-13-9-6-10-14-17(4-2)15-11-7-5-8-12-15/h5,7-8,11-12,16H,3-4,6,9-10,13-14H2,1-2H3. The van der Waals surface area contributed by atoms with E-state index in [2.05, 4.69) is 54.4 Å². The molecule has 1 N–H and O–H groups in total. The van der Waals surface area contributed by atoms with Gasteiger partial charge in [0.2, 0.25) is 0 Å². The zero-order chi connectivity index (χ0) is 12.3. The van der Waals surface area contributed by atoms with Crippen molar-refractivity contribution in [2.75, 3.05) is 31.1 Å². The minimum absolute atomic E-state index is 1.09. The maximum atomic E-state index is 3.37. The van der Waals surface area contributed by atoms with Gasteiger partial charge in [-0.1, -0.05) is 31.5 Å². The molecule has 96 valence electrons. The summed E-state index contributed by atoms with van der Waals surface area (Å²) >= 11 is 0. The Morgan fingerprint density at radius 2 is 1.76 bits per heavy atom. The first kappa shape index (κ1) is 14.0. The van der Waals surface area contributed by atoms with E-state index in [4.69, 9.17) is 0 Å². The number of anilines is 1. The molecule has 0 aliphatic carbocycles. The molecule has 17 heavy (non-hydrogen) atoms. The van der Waals surface area contributed by atoms with Gasteiger partial charge in [0.1, 0.15) is 0 Å². The lowest BCUT2D eigenvalue weighted by atomic mass is 10.2. The average Bonchev–Trinajstić information content (AvgIpc) is 2.39. The average molecular weight is 234 g/mol. The molecule has 1 aromatic carbocycles. The molecule has 0 heterocycles. The highest BCUT2D eigenvalue weighted by atomic mass is 15.1. The normalized spacial score (nSPS) is 10.5. The van der Waals surface area contributed by atoms with E-state index in [9.17, 15) is 0 Å². The highest BCUT2D eigenvalue weighted by Gasteiger charge is 2.02. The van der Waals surface area contributed by atoms with Crippen molar-refractivity contribution in [3.05, 3.63) is 30.3 Å². The molecule has 0 radical (unpaired) electrons. The summed E-state index contributed by atoms with van der Waals surface area (Å²) in [6.45, 7) is 8.91. The van der Waals surface area contributed by atoms with Gasteiger partial charge >= 0.3 is 0 Å². The Kier molecular flexibility index (Phi) is 7.48. The Labute approximate surface area is 106 Å². The Bertz CT molecular complexity index is 272. The van der Waals surface area contributed by atoms with Gasteiger partial charge in [0.25, 0.3) is 0 Å². The van der Waals surface area contributed by atoms with Crippen molar-refractivity contribution in [3.63, 3.8) is 0 Å². The van der Waals surface area contributed by atoms with E-state index >= 15 is 0 Å². The molecule has 0 saturated heterocycles. The molecule has 2 heteroatoms. The Morgan fingerprint density at radius 3 is 2.41 bits per heavy atom. The van der Waals surface area contributed by atoms with Crippen LogP contribution in [-0.4, -0.2) is 26.2 Å². The topological polar surface area (TPSA) is 15.3 Å². The largest absolute Gasteiger partial charge is 0.372 e. The monoisotopic (exact) mass is 234 g/mol. The number of nitrogens with one attached hydrogen (secondary N) is 1. The van der Waals surface area contributed by atoms with Gasteiger partial charge in [0.05, 0.1) is 0 Å². The van der Waals surface area contributed by atoms with Crippen LogP contribution in [0.1, 0.15) is 33.1 Å². The SMILES string of the molecule is CCNCCCCCN(CC)c1ccccc1. The summed E-state index contributed by atoms with van der Waals surface area (Å²) in [4.78, 5) is 2.45. The van der Waals surface area contributed by atoms with Gasteiger partial charge < -0.3 is 10.2 Å². The van der Waals surface area contributed by atoms with Crippen LogP contribution in [0.2, 0.25) is 0 Å². The Morgan fingerprint density at radius 1 is 1.00 bits per heavy atom. The Hall–Kier alpha value is -1.02. The van der Waals surface area contributed by atoms with Crippen LogP contribution in [0.5, 0.6) is 0 Å². The van der Waals surface area contributed by atoms with Gasteiger partial charge in [0.15, 0.2) is 0 Å². The van der Waals surface area contributed by atoms with Gasteiger partial charge in [-0.3, -0.25) is 0 Å². The molecular weight excluding hydrogens is 208 g/mol. The summed E-state index contributed by atoms with van der Waals surface area (Å²) in [5.41, 5.74) is 1.35. The quantitative estimate of drug-likeness (QED) is 0.660. The molecule has 0 aromatic heterocycles. The first-order valence-corrected chi connectivity index (χ1v) is 6.89.